The van der Waals surface area contributed by atoms with E-state index < -0.39 is 0 Å². The van der Waals surface area contributed by atoms with Gasteiger partial charge in [-0.1, -0.05) is 6.92 Å². The number of aromatic nitrogens is 3. The van der Waals surface area contributed by atoms with Crippen molar-refractivity contribution in [2.24, 2.45) is 0 Å². The van der Waals surface area contributed by atoms with Gasteiger partial charge in [0.05, 0.1) is 17.2 Å². The molecule has 0 aromatic carbocycles. The number of amides is 1. The van der Waals surface area contributed by atoms with E-state index in [-0.39, 0.29) is 5.91 Å². The largest absolute Gasteiger partial charge is 0.341 e. The summed E-state index contributed by atoms with van der Waals surface area (Å²) in [4.78, 5) is 23.1. The second kappa shape index (κ2) is 7.05. The van der Waals surface area contributed by atoms with Crippen LogP contribution in [0.5, 0.6) is 0 Å². The highest BCUT2D eigenvalue weighted by atomic mass is 32.1. The molecule has 2 aromatic rings. The Hall–Kier alpha value is -1.69. The SMILES string of the molecule is CCc1nccn1[C@@H]1CCCN(C(=O)CCc2cscn2)C1. The smallest absolute Gasteiger partial charge is 0.223 e. The zero-order valence-corrected chi connectivity index (χ0v) is 13.8. The van der Waals surface area contributed by atoms with Gasteiger partial charge in [-0.2, -0.15) is 0 Å². The molecule has 2 aromatic heterocycles. The first-order valence-corrected chi connectivity index (χ1v) is 8.88. The van der Waals surface area contributed by atoms with Crippen molar-refractivity contribution in [2.45, 2.75) is 45.1 Å². The van der Waals surface area contributed by atoms with Crippen LogP contribution < -0.4 is 0 Å². The Morgan fingerprint density at radius 1 is 1.45 bits per heavy atom. The number of carbonyl (C=O) groups is 1. The van der Waals surface area contributed by atoms with E-state index in [0.717, 1.165) is 50.3 Å². The number of carbonyl (C=O) groups excluding carboxylic acids is 1. The van der Waals surface area contributed by atoms with Gasteiger partial charge in [-0.25, -0.2) is 9.97 Å². The fraction of sp³-hybridized carbons (Fsp3) is 0.562. The Kier molecular flexibility index (Phi) is 4.87. The van der Waals surface area contributed by atoms with Gasteiger partial charge in [-0.15, -0.1) is 11.3 Å². The summed E-state index contributed by atoms with van der Waals surface area (Å²) in [6.45, 7) is 3.81. The standard InChI is InChI=1S/C16H22N4OS/c1-2-15-17-7-9-20(15)14-4-3-8-19(10-14)16(21)6-5-13-11-22-12-18-13/h7,9,11-12,14H,2-6,8,10H2,1H3/t14-/m1/s1. The van der Waals surface area contributed by atoms with Crippen LogP contribution in [0.4, 0.5) is 0 Å². The molecule has 1 amide bonds. The molecular weight excluding hydrogens is 296 g/mol. The van der Waals surface area contributed by atoms with Crippen molar-refractivity contribution in [3.63, 3.8) is 0 Å². The third-order valence-corrected chi connectivity index (χ3v) is 4.92. The van der Waals surface area contributed by atoms with E-state index in [9.17, 15) is 4.79 Å². The minimum Gasteiger partial charge on any atom is -0.341 e. The van der Waals surface area contributed by atoms with Gasteiger partial charge in [-0.3, -0.25) is 4.79 Å². The van der Waals surface area contributed by atoms with Gasteiger partial charge in [-0.05, 0) is 19.3 Å². The van der Waals surface area contributed by atoms with E-state index in [4.69, 9.17) is 0 Å². The predicted molar refractivity (Wildman–Crippen MR) is 86.9 cm³/mol. The molecule has 1 saturated heterocycles. The molecule has 0 radical (unpaired) electrons. The van der Waals surface area contributed by atoms with E-state index in [1.54, 1.807) is 11.3 Å². The van der Waals surface area contributed by atoms with Crippen LogP contribution in [0.2, 0.25) is 0 Å². The number of hydrogen-bond donors (Lipinski definition) is 0. The maximum absolute atomic E-state index is 12.4. The minimum absolute atomic E-state index is 0.246. The molecule has 0 N–H and O–H groups in total. The van der Waals surface area contributed by atoms with Gasteiger partial charge in [0.25, 0.3) is 0 Å². The zero-order chi connectivity index (χ0) is 15.4. The molecule has 6 heteroatoms. The number of imidazole rings is 1. The van der Waals surface area contributed by atoms with Crippen molar-refractivity contribution in [3.05, 3.63) is 34.8 Å². The fourth-order valence-corrected chi connectivity index (χ4v) is 3.71. The van der Waals surface area contributed by atoms with E-state index in [1.165, 1.54) is 0 Å². The van der Waals surface area contributed by atoms with E-state index in [1.807, 2.05) is 28.2 Å². The summed E-state index contributed by atoms with van der Waals surface area (Å²) in [6, 6.07) is 0.370. The van der Waals surface area contributed by atoms with Crippen molar-refractivity contribution in [3.8, 4) is 0 Å². The van der Waals surface area contributed by atoms with Crippen molar-refractivity contribution >= 4 is 17.2 Å². The van der Waals surface area contributed by atoms with Crippen molar-refractivity contribution in [1.82, 2.24) is 19.4 Å². The van der Waals surface area contributed by atoms with Gasteiger partial charge in [0, 0.05) is 43.7 Å². The first-order valence-electron chi connectivity index (χ1n) is 7.94. The lowest BCUT2D eigenvalue weighted by molar-refractivity contribution is -0.132. The Labute approximate surface area is 135 Å². The summed E-state index contributed by atoms with van der Waals surface area (Å²) in [5.41, 5.74) is 2.84. The molecule has 0 aliphatic carbocycles. The quantitative estimate of drug-likeness (QED) is 0.851. The third kappa shape index (κ3) is 3.38. The highest BCUT2D eigenvalue weighted by Crippen LogP contribution is 2.23. The van der Waals surface area contributed by atoms with Crippen LogP contribution >= 0.6 is 11.3 Å². The number of hydrogen-bond acceptors (Lipinski definition) is 4. The zero-order valence-electron chi connectivity index (χ0n) is 12.9. The molecule has 0 spiro atoms. The van der Waals surface area contributed by atoms with Crippen LogP contribution in [0, 0.1) is 0 Å². The molecule has 118 valence electrons. The summed E-state index contributed by atoms with van der Waals surface area (Å²) in [5.74, 6) is 1.36. The lowest BCUT2D eigenvalue weighted by Gasteiger charge is -2.34. The lowest BCUT2D eigenvalue weighted by Crippen LogP contribution is -2.41. The first-order chi connectivity index (χ1) is 10.8. The molecule has 22 heavy (non-hydrogen) atoms. The lowest BCUT2D eigenvalue weighted by atomic mass is 10.0. The second-order valence-corrected chi connectivity index (χ2v) is 6.44. The summed E-state index contributed by atoms with van der Waals surface area (Å²) in [7, 11) is 0. The Bertz CT molecular complexity index is 607. The molecule has 1 aliphatic rings. The Morgan fingerprint density at radius 3 is 3.14 bits per heavy atom. The summed E-state index contributed by atoms with van der Waals surface area (Å²) < 4.78 is 2.25. The molecule has 1 atom stereocenters. The summed E-state index contributed by atoms with van der Waals surface area (Å²) in [6.07, 6.45) is 8.33. The third-order valence-electron chi connectivity index (χ3n) is 4.29. The van der Waals surface area contributed by atoms with Crippen molar-refractivity contribution in [2.75, 3.05) is 13.1 Å². The molecule has 1 fully saturated rings. The number of likely N-dealkylation sites (tertiary alicyclic amines) is 1. The van der Waals surface area contributed by atoms with E-state index in [0.29, 0.717) is 12.5 Å². The van der Waals surface area contributed by atoms with Gasteiger partial charge in [0.2, 0.25) is 5.91 Å². The average Bonchev–Trinajstić information content (AvgIpc) is 3.23. The molecule has 0 saturated carbocycles. The van der Waals surface area contributed by atoms with Gasteiger partial charge in [0.1, 0.15) is 5.82 Å². The molecule has 3 rings (SSSR count). The number of nitrogens with zero attached hydrogens (tertiary/aromatic N) is 4. The summed E-state index contributed by atoms with van der Waals surface area (Å²) in [5, 5.41) is 2.02. The van der Waals surface area contributed by atoms with Crippen LogP contribution in [0.3, 0.4) is 0 Å². The summed E-state index contributed by atoms with van der Waals surface area (Å²) >= 11 is 1.58. The molecule has 0 unspecified atom stereocenters. The fourth-order valence-electron chi connectivity index (χ4n) is 3.11. The highest BCUT2D eigenvalue weighted by molar-refractivity contribution is 7.07. The van der Waals surface area contributed by atoms with Gasteiger partial charge < -0.3 is 9.47 Å². The van der Waals surface area contributed by atoms with Crippen LogP contribution in [0.1, 0.15) is 43.7 Å². The number of aryl methyl sites for hydroxylation is 2. The van der Waals surface area contributed by atoms with Gasteiger partial charge >= 0.3 is 0 Å². The van der Waals surface area contributed by atoms with Crippen LogP contribution in [0.25, 0.3) is 0 Å². The number of rotatable bonds is 5. The predicted octanol–water partition coefficient (Wildman–Crippen LogP) is 2.70. The van der Waals surface area contributed by atoms with Crippen LogP contribution in [-0.4, -0.2) is 38.4 Å². The molecule has 0 bridgehead atoms. The average molecular weight is 318 g/mol. The normalized spacial score (nSPS) is 18.6. The van der Waals surface area contributed by atoms with Crippen molar-refractivity contribution in [1.29, 1.82) is 0 Å². The first kappa shape index (κ1) is 15.2. The minimum atomic E-state index is 0.246. The monoisotopic (exact) mass is 318 g/mol. The molecule has 1 aliphatic heterocycles. The number of thiazole rings is 1. The maximum Gasteiger partial charge on any atom is 0.223 e. The molecule has 3 heterocycles. The topological polar surface area (TPSA) is 51.0 Å². The second-order valence-electron chi connectivity index (χ2n) is 5.72. The van der Waals surface area contributed by atoms with E-state index >= 15 is 0 Å². The van der Waals surface area contributed by atoms with Crippen LogP contribution in [-0.2, 0) is 17.6 Å². The highest BCUT2D eigenvalue weighted by Gasteiger charge is 2.25. The van der Waals surface area contributed by atoms with Gasteiger partial charge in [0.15, 0.2) is 0 Å². The molecular formula is C16H22N4OS. The Morgan fingerprint density at radius 2 is 2.36 bits per heavy atom. The maximum atomic E-state index is 12.4. The van der Waals surface area contributed by atoms with E-state index in [2.05, 4.69) is 21.5 Å². The number of piperidine rings is 1. The Balaban J connectivity index is 1.59. The van der Waals surface area contributed by atoms with Crippen molar-refractivity contribution < 1.29 is 4.79 Å². The molecule has 5 nitrogen and oxygen atoms in total. The van der Waals surface area contributed by atoms with Crippen LogP contribution in [0.15, 0.2) is 23.3 Å².